The number of nitro benzene ring substituents is 1. The minimum atomic E-state index is -4.29. The number of hydrogen-bond donors (Lipinski definition) is 3. The number of carbonyl (C=O) groups is 1. The van der Waals surface area contributed by atoms with Crippen LogP contribution in [0.1, 0.15) is 37.0 Å². The Hall–Kier alpha value is -3.73. The molecule has 178 valence electrons. The number of anilines is 2. The van der Waals surface area contributed by atoms with Gasteiger partial charge >= 0.3 is 5.97 Å². The Kier molecular flexibility index (Phi) is 5.90. The molecule has 2 aromatic rings. The van der Waals surface area contributed by atoms with Crippen LogP contribution in [0.3, 0.4) is 0 Å². The monoisotopic (exact) mass is 484 g/mol. The maximum atomic E-state index is 12.8. The van der Waals surface area contributed by atoms with Crippen LogP contribution in [0, 0.1) is 27.4 Å². The molecule has 0 radical (unpaired) electrons. The molecule has 0 spiro atoms. The number of hydrogen-bond acceptors (Lipinski definition) is 7. The second kappa shape index (κ2) is 8.56. The van der Waals surface area contributed by atoms with Gasteiger partial charge in [0.1, 0.15) is 5.69 Å². The van der Waals surface area contributed by atoms with Crippen molar-refractivity contribution in [2.45, 2.75) is 31.6 Å². The first-order chi connectivity index (χ1) is 16.0. The topological polar surface area (TPSA) is 151 Å². The van der Waals surface area contributed by atoms with E-state index >= 15 is 0 Å². The van der Waals surface area contributed by atoms with Crippen molar-refractivity contribution in [3.63, 3.8) is 0 Å². The molecule has 2 bridgehead atoms. The van der Waals surface area contributed by atoms with Crippen LogP contribution in [-0.4, -0.2) is 30.6 Å². The molecule has 3 aliphatic rings. The Bertz CT molecular complexity index is 1330. The summed E-state index contributed by atoms with van der Waals surface area (Å²) < 4.78 is 27.8. The summed E-state index contributed by atoms with van der Waals surface area (Å²) in [5, 5.41) is 25.0. The van der Waals surface area contributed by atoms with Crippen LogP contribution in [0.5, 0.6) is 0 Å². The van der Waals surface area contributed by atoms with Crippen LogP contribution >= 0.6 is 0 Å². The van der Waals surface area contributed by atoms with Gasteiger partial charge in [0, 0.05) is 6.07 Å². The molecule has 5 rings (SSSR count). The summed E-state index contributed by atoms with van der Waals surface area (Å²) >= 11 is 0. The molecule has 0 aliphatic heterocycles. The molecule has 3 N–H and O–H groups in total. The fraction of sp³-hybridized carbons (Fsp3) is 0.304. The van der Waals surface area contributed by atoms with Gasteiger partial charge in [0.25, 0.3) is 15.7 Å². The standard InChI is InChI=1S/C23H24N4O6S/c1-23(2)15-8-7-14(18(23)11-15)13-24-25-20-10-9-16(12-21(20)27(30)31)34(32,33)26-19-6-4-3-5-17(19)22(28)29/h3-7,9-10,12-13,15,18,25-26H,8,11H2,1-2H3,(H,28,29)/b24-13-/t15-,18+/m1/s1. The van der Waals surface area contributed by atoms with E-state index < -0.39 is 26.6 Å². The second-order valence-corrected chi connectivity index (χ2v) is 10.7. The van der Waals surface area contributed by atoms with Crippen molar-refractivity contribution in [1.82, 2.24) is 0 Å². The summed E-state index contributed by atoms with van der Waals surface area (Å²) in [6, 6.07) is 8.84. The average molecular weight is 485 g/mol. The van der Waals surface area contributed by atoms with E-state index in [0.717, 1.165) is 24.5 Å². The molecule has 3 aliphatic carbocycles. The number of sulfonamides is 1. The summed E-state index contributed by atoms with van der Waals surface area (Å²) in [7, 11) is -4.29. The van der Waals surface area contributed by atoms with Crippen LogP contribution in [0.4, 0.5) is 17.1 Å². The first kappa shape index (κ1) is 23.4. The van der Waals surface area contributed by atoms with Crippen molar-refractivity contribution in [2.24, 2.45) is 22.4 Å². The van der Waals surface area contributed by atoms with E-state index in [9.17, 15) is 28.4 Å². The number of nitro groups is 1. The number of carboxylic acid groups (broad SMARTS) is 1. The molecule has 11 heteroatoms. The lowest BCUT2D eigenvalue weighted by Gasteiger charge is -2.55. The number of para-hydroxylation sites is 1. The van der Waals surface area contributed by atoms with E-state index in [2.05, 4.69) is 35.2 Å². The normalized spacial score (nSPS) is 20.8. The fourth-order valence-electron chi connectivity index (χ4n) is 4.61. The van der Waals surface area contributed by atoms with Gasteiger partial charge in [-0.05, 0) is 59.9 Å². The number of fused-ring (bicyclic) bond motifs is 1. The molecule has 0 aromatic heterocycles. The summed E-state index contributed by atoms with van der Waals surface area (Å²) in [4.78, 5) is 21.9. The van der Waals surface area contributed by atoms with Gasteiger partial charge < -0.3 is 5.11 Å². The number of carboxylic acids is 1. The highest BCUT2D eigenvalue weighted by Gasteiger charge is 2.50. The van der Waals surface area contributed by atoms with Crippen molar-refractivity contribution >= 4 is 39.3 Å². The molecule has 0 amide bonds. The zero-order chi connectivity index (χ0) is 24.7. The summed E-state index contributed by atoms with van der Waals surface area (Å²) in [6.45, 7) is 4.46. The lowest BCUT2D eigenvalue weighted by molar-refractivity contribution is -0.384. The Morgan fingerprint density at radius 1 is 1.24 bits per heavy atom. The lowest BCUT2D eigenvalue weighted by atomic mass is 9.49. The van der Waals surface area contributed by atoms with Crippen molar-refractivity contribution in [3.05, 3.63) is 69.8 Å². The number of benzene rings is 2. The minimum Gasteiger partial charge on any atom is -0.478 e. The quantitative estimate of drug-likeness (QED) is 0.284. The SMILES string of the molecule is CC1(C)[C@@H]2CC=C(/C=N\Nc3ccc(S(=O)(=O)Nc4ccccc4C(=O)O)cc3[N+](=O)[O-])[C@@H]1C2. The first-order valence-corrected chi connectivity index (χ1v) is 12.1. The van der Waals surface area contributed by atoms with E-state index in [4.69, 9.17) is 0 Å². The zero-order valence-electron chi connectivity index (χ0n) is 18.6. The molecular weight excluding hydrogens is 460 g/mol. The summed E-state index contributed by atoms with van der Waals surface area (Å²) in [6.07, 6.45) is 5.89. The second-order valence-electron chi connectivity index (χ2n) is 9.01. The molecule has 1 fully saturated rings. The Labute approximate surface area is 196 Å². The number of nitrogens with zero attached hydrogens (tertiary/aromatic N) is 2. The van der Waals surface area contributed by atoms with Crippen molar-refractivity contribution in [3.8, 4) is 0 Å². The molecular formula is C23H24N4O6S. The van der Waals surface area contributed by atoms with E-state index in [1.54, 1.807) is 6.21 Å². The van der Waals surface area contributed by atoms with Crippen LogP contribution < -0.4 is 10.1 Å². The molecule has 0 saturated heterocycles. The fourth-order valence-corrected chi connectivity index (χ4v) is 5.71. The smallest absolute Gasteiger partial charge is 0.337 e. The highest BCUT2D eigenvalue weighted by molar-refractivity contribution is 7.92. The number of rotatable bonds is 8. The van der Waals surface area contributed by atoms with Crippen molar-refractivity contribution < 1.29 is 23.2 Å². The number of allylic oxidation sites excluding steroid dienone is 2. The third-order valence-corrected chi connectivity index (χ3v) is 8.15. The molecule has 0 unspecified atom stereocenters. The van der Waals surface area contributed by atoms with Gasteiger partial charge in [-0.2, -0.15) is 5.10 Å². The lowest BCUT2D eigenvalue weighted by Crippen LogP contribution is -2.48. The van der Waals surface area contributed by atoms with Crippen LogP contribution in [0.25, 0.3) is 0 Å². The van der Waals surface area contributed by atoms with Gasteiger partial charge in [0.2, 0.25) is 0 Å². The maximum Gasteiger partial charge on any atom is 0.337 e. The predicted octanol–water partition coefficient (Wildman–Crippen LogP) is 4.48. The predicted molar refractivity (Wildman–Crippen MR) is 127 cm³/mol. The third kappa shape index (κ3) is 4.26. The van der Waals surface area contributed by atoms with Crippen molar-refractivity contribution in [2.75, 3.05) is 10.1 Å². The summed E-state index contributed by atoms with van der Waals surface area (Å²) in [5.41, 5.74) is 3.12. The highest BCUT2D eigenvalue weighted by Crippen LogP contribution is 2.58. The minimum absolute atomic E-state index is 0.0355. The molecule has 1 saturated carbocycles. The number of aromatic carboxylic acids is 1. The molecule has 2 aromatic carbocycles. The number of hydrazone groups is 1. The van der Waals surface area contributed by atoms with E-state index in [0.29, 0.717) is 11.8 Å². The molecule has 10 nitrogen and oxygen atoms in total. The largest absolute Gasteiger partial charge is 0.478 e. The van der Waals surface area contributed by atoms with Gasteiger partial charge in [-0.25, -0.2) is 13.2 Å². The van der Waals surface area contributed by atoms with Gasteiger partial charge in [-0.1, -0.05) is 32.1 Å². The Morgan fingerprint density at radius 3 is 2.62 bits per heavy atom. The number of nitrogens with one attached hydrogen (secondary N) is 2. The Balaban J connectivity index is 1.55. The Morgan fingerprint density at radius 2 is 1.97 bits per heavy atom. The van der Waals surface area contributed by atoms with Gasteiger partial charge in [-0.3, -0.25) is 20.3 Å². The maximum absolute atomic E-state index is 12.8. The third-order valence-electron chi connectivity index (χ3n) is 6.79. The van der Waals surface area contributed by atoms with Crippen LogP contribution in [0.2, 0.25) is 0 Å². The zero-order valence-corrected chi connectivity index (χ0v) is 19.4. The first-order valence-electron chi connectivity index (χ1n) is 10.6. The molecule has 0 heterocycles. The van der Waals surface area contributed by atoms with Crippen LogP contribution in [0.15, 0.2) is 64.1 Å². The van der Waals surface area contributed by atoms with Gasteiger partial charge in [-0.15, -0.1) is 0 Å². The molecule has 34 heavy (non-hydrogen) atoms. The van der Waals surface area contributed by atoms with Crippen molar-refractivity contribution in [1.29, 1.82) is 0 Å². The molecule has 2 atom stereocenters. The van der Waals surface area contributed by atoms with Crippen LogP contribution in [-0.2, 0) is 10.0 Å². The van der Waals surface area contributed by atoms with Gasteiger partial charge in [0.15, 0.2) is 0 Å². The van der Waals surface area contributed by atoms with E-state index in [1.807, 2.05) is 0 Å². The van der Waals surface area contributed by atoms with Gasteiger partial charge in [0.05, 0.1) is 27.3 Å². The average Bonchev–Trinajstić information content (AvgIpc) is 2.79. The summed E-state index contributed by atoms with van der Waals surface area (Å²) in [5.74, 6) is -0.232. The van der Waals surface area contributed by atoms with E-state index in [1.165, 1.54) is 36.4 Å². The van der Waals surface area contributed by atoms with E-state index in [-0.39, 0.29) is 27.2 Å². The highest BCUT2D eigenvalue weighted by atomic mass is 32.2.